The molecule has 2 heterocycles. The molecule has 1 saturated heterocycles. The summed E-state index contributed by atoms with van der Waals surface area (Å²) in [5.74, 6) is 0. The molecule has 70 valence electrons. The first-order valence-corrected chi connectivity index (χ1v) is 4.48. The molecule has 2 rings (SSSR count). The molecule has 2 aliphatic rings. The van der Waals surface area contributed by atoms with Gasteiger partial charge in [0.15, 0.2) is 0 Å². The van der Waals surface area contributed by atoms with E-state index >= 15 is 0 Å². The van der Waals surface area contributed by atoms with Gasteiger partial charge in [0.1, 0.15) is 0 Å². The van der Waals surface area contributed by atoms with Gasteiger partial charge < -0.3 is 9.64 Å². The summed E-state index contributed by atoms with van der Waals surface area (Å²) in [5, 5.41) is 3.27. The van der Waals surface area contributed by atoms with Gasteiger partial charge in [-0.1, -0.05) is 0 Å². The molecule has 0 aromatic carbocycles. The minimum atomic E-state index is 0.678. The van der Waals surface area contributed by atoms with Crippen LogP contribution in [0.25, 0.3) is 0 Å². The van der Waals surface area contributed by atoms with Crippen LogP contribution in [0, 0.1) is 0 Å². The fourth-order valence-electron chi connectivity index (χ4n) is 1.34. The van der Waals surface area contributed by atoms with E-state index in [-0.39, 0.29) is 0 Å². The lowest BCUT2D eigenvalue weighted by Crippen LogP contribution is -2.45. The van der Waals surface area contributed by atoms with Gasteiger partial charge in [-0.25, -0.2) is 4.99 Å². The Hall–Kier alpha value is -1.29. The number of rotatable bonds is 0. The Labute approximate surface area is 77.6 Å². The number of nitrogens with one attached hydrogen (secondary N) is 1. The number of ether oxygens (including phenoxy) is 1. The van der Waals surface area contributed by atoms with E-state index in [1.165, 1.54) is 0 Å². The third-order valence-electron chi connectivity index (χ3n) is 1.99. The van der Waals surface area contributed by atoms with E-state index in [2.05, 4.69) is 15.2 Å². The molecule has 1 fully saturated rings. The van der Waals surface area contributed by atoms with Crippen molar-refractivity contribution in [2.45, 2.75) is 6.42 Å². The van der Waals surface area contributed by atoms with E-state index in [4.69, 9.17) is 4.74 Å². The smallest absolute Gasteiger partial charge is 0.298 e. The highest BCUT2D eigenvalue weighted by Gasteiger charge is 2.14. The van der Waals surface area contributed by atoms with Crippen LogP contribution in [-0.4, -0.2) is 30.7 Å². The Morgan fingerprint density at radius 3 is 3.31 bits per heavy atom. The summed E-state index contributed by atoms with van der Waals surface area (Å²) in [5.41, 5.74) is 0. The zero-order valence-corrected chi connectivity index (χ0v) is 7.44. The Bertz CT molecular complexity index is 252. The molecule has 4 nitrogen and oxygen atoms in total. The number of aliphatic imine (C=N–C) groups is 1. The van der Waals surface area contributed by atoms with Crippen molar-refractivity contribution in [1.29, 1.82) is 0 Å². The van der Waals surface area contributed by atoms with Gasteiger partial charge in [0.05, 0.1) is 12.9 Å². The Kier molecular flexibility index (Phi) is 2.62. The van der Waals surface area contributed by atoms with Crippen molar-refractivity contribution in [2.75, 3.05) is 19.8 Å². The molecule has 0 saturated carbocycles. The molecule has 0 bridgehead atoms. The van der Waals surface area contributed by atoms with Crippen LogP contribution >= 0.6 is 0 Å². The van der Waals surface area contributed by atoms with E-state index in [1.807, 2.05) is 12.2 Å². The average Bonchev–Trinajstić information content (AvgIpc) is 2.47. The van der Waals surface area contributed by atoms with Crippen molar-refractivity contribution in [3.8, 4) is 0 Å². The van der Waals surface area contributed by atoms with Gasteiger partial charge in [-0.05, 0) is 25.1 Å². The van der Waals surface area contributed by atoms with Crippen LogP contribution in [-0.2, 0) is 4.74 Å². The van der Waals surface area contributed by atoms with Gasteiger partial charge in [-0.15, -0.1) is 0 Å². The van der Waals surface area contributed by atoms with Crippen molar-refractivity contribution in [1.82, 2.24) is 10.2 Å². The molecule has 4 heteroatoms. The van der Waals surface area contributed by atoms with Crippen LogP contribution in [0.3, 0.4) is 0 Å². The zero-order chi connectivity index (χ0) is 8.93. The summed E-state index contributed by atoms with van der Waals surface area (Å²) < 4.78 is 5.34. The SMILES string of the molecule is C1=CN=C(N2CCCNC2)OC=C1. The van der Waals surface area contributed by atoms with Crippen molar-refractivity contribution in [3.63, 3.8) is 0 Å². The van der Waals surface area contributed by atoms with E-state index in [0.29, 0.717) is 6.02 Å². The molecule has 2 aliphatic heterocycles. The Balaban J connectivity index is 2.01. The maximum Gasteiger partial charge on any atom is 0.298 e. The van der Waals surface area contributed by atoms with Gasteiger partial charge in [0.25, 0.3) is 6.02 Å². The minimum Gasteiger partial charge on any atom is -0.434 e. The monoisotopic (exact) mass is 179 g/mol. The first-order valence-electron chi connectivity index (χ1n) is 4.48. The van der Waals surface area contributed by atoms with Gasteiger partial charge >= 0.3 is 0 Å². The van der Waals surface area contributed by atoms with Crippen LogP contribution in [0.15, 0.2) is 29.6 Å². The first-order chi connectivity index (χ1) is 6.47. The van der Waals surface area contributed by atoms with Crippen molar-refractivity contribution >= 4 is 6.02 Å². The highest BCUT2D eigenvalue weighted by Crippen LogP contribution is 2.02. The maximum atomic E-state index is 5.34. The summed E-state index contributed by atoms with van der Waals surface area (Å²) in [4.78, 5) is 6.27. The normalized spacial score (nSPS) is 22.2. The maximum absolute atomic E-state index is 5.34. The summed E-state index contributed by atoms with van der Waals surface area (Å²) in [6, 6.07) is 0.678. The molecule has 0 radical (unpaired) electrons. The number of amidine groups is 1. The first kappa shape index (κ1) is 8.31. The number of allylic oxidation sites excluding steroid dienone is 2. The molecular weight excluding hydrogens is 166 g/mol. The van der Waals surface area contributed by atoms with E-state index in [9.17, 15) is 0 Å². The fraction of sp³-hybridized carbons (Fsp3) is 0.444. The summed E-state index contributed by atoms with van der Waals surface area (Å²) >= 11 is 0. The van der Waals surface area contributed by atoms with Crippen LogP contribution in [0.1, 0.15) is 6.42 Å². The van der Waals surface area contributed by atoms with Gasteiger partial charge in [0, 0.05) is 12.7 Å². The standard InChI is InChI=1S/C9H13N3O/c1-2-7-13-9(11-5-1)12-6-3-4-10-8-12/h1-2,5,7,10H,3-4,6,8H2. The highest BCUT2D eigenvalue weighted by molar-refractivity contribution is 5.75. The van der Waals surface area contributed by atoms with Gasteiger partial charge in [-0.3, -0.25) is 5.32 Å². The minimum absolute atomic E-state index is 0.678. The summed E-state index contributed by atoms with van der Waals surface area (Å²) in [6.45, 7) is 2.91. The highest BCUT2D eigenvalue weighted by atomic mass is 16.5. The van der Waals surface area contributed by atoms with E-state index < -0.39 is 0 Å². The molecule has 0 spiro atoms. The van der Waals surface area contributed by atoms with Crippen molar-refractivity contribution in [2.24, 2.45) is 4.99 Å². The predicted octanol–water partition coefficient (Wildman–Crippen LogP) is 0.653. The lowest BCUT2D eigenvalue weighted by molar-refractivity contribution is 0.261. The number of hydrogen-bond donors (Lipinski definition) is 1. The van der Waals surface area contributed by atoms with Crippen LogP contribution in [0.5, 0.6) is 0 Å². The van der Waals surface area contributed by atoms with Crippen LogP contribution in [0.2, 0.25) is 0 Å². The molecular formula is C9H13N3O. The van der Waals surface area contributed by atoms with Crippen LogP contribution < -0.4 is 5.32 Å². The third-order valence-corrected chi connectivity index (χ3v) is 1.99. The lowest BCUT2D eigenvalue weighted by atomic mass is 10.3. The summed E-state index contributed by atoms with van der Waals surface area (Å²) in [6.07, 6.45) is 8.21. The molecule has 1 N–H and O–H groups in total. The van der Waals surface area contributed by atoms with E-state index in [0.717, 1.165) is 26.2 Å². The summed E-state index contributed by atoms with van der Waals surface area (Å²) in [7, 11) is 0. The quantitative estimate of drug-likeness (QED) is 0.593. The number of hydrogen-bond acceptors (Lipinski definition) is 4. The molecule has 0 aromatic heterocycles. The van der Waals surface area contributed by atoms with Gasteiger partial charge in [0.2, 0.25) is 0 Å². The Morgan fingerprint density at radius 2 is 2.46 bits per heavy atom. The topological polar surface area (TPSA) is 36.9 Å². The predicted molar refractivity (Wildman–Crippen MR) is 51.0 cm³/mol. The molecule has 0 aliphatic carbocycles. The lowest BCUT2D eigenvalue weighted by Gasteiger charge is -2.28. The molecule has 0 aromatic rings. The largest absolute Gasteiger partial charge is 0.434 e. The van der Waals surface area contributed by atoms with E-state index in [1.54, 1.807) is 12.5 Å². The van der Waals surface area contributed by atoms with Crippen molar-refractivity contribution < 1.29 is 4.74 Å². The second-order valence-electron chi connectivity index (χ2n) is 2.97. The van der Waals surface area contributed by atoms with Gasteiger partial charge in [-0.2, -0.15) is 0 Å². The second kappa shape index (κ2) is 4.09. The zero-order valence-electron chi connectivity index (χ0n) is 7.44. The molecule has 0 atom stereocenters. The molecule has 0 unspecified atom stereocenters. The number of nitrogens with zero attached hydrogens (tertiary/aromatic N) is 2. The molecule has 13 heavy (non-hydrogen) atoms. The second-order valence-corrected chi connectivity index (χ2v) is 2.97. The average molecular weight is 179 g/mol. The molecule has 0 amide bonds. The fourth-order valence-corrected chi connectivity index (χ4v) is 1.34. The van der Waals surface area contributed by atoms with Crippen LogP contribution in [0.4, 0.5) is 0 Å². The Morgan fingerprint density at radius 1 is 1.46 bits per heavy atom. The third kappa shape index (κ3) is 2.09. The van der Waals surface area contributed by atoms with Crippen molar-refractivity contribution in [3.05, 3.63) is 24.6 Å².